The van der Waals surface area contributed by atoms with Crippen LogP contribution < -0.4 is 15.4 Å². The van der Waals surface area contributed by atoms with Crippen LogP contribution in [0.5, 0.6) is 11.5 Å². The minimum Gasteiger partial charge on any atom is -0.507 e. The maximum atomic E-state index is 13.8. The van der Waals surface area contributed by atoms with Crippen molar-refractivity contribution in [2.45, 2.75) is 12.5 Å². The number of benzene rings is 2. The third-order valence-electron chi connectivity index (χ3n) is 4.82. The number of hydrogen-bond acceptors (Lipinski definition) is 7. The standard InChI is InChI=1S/C21H23FN4O3/c1-28-8-9-29-15-3-4-18-16(11-15)20(24-14-6-7-23-12-14)26-21(25-18)17-10-13(22)2-5-19(17)27/h2-5,10-11,14,23,27H,6-9,12H2,1H3,(H,24,25,26)/t14-/m0/s1. The molecule has 1 fully saturated rings. The number of anilines is 1. The van der Waals surface area contributed by atoms with Crippen LogP contribution in [0.1, 0.15) is 6.42 Å². The van der Waals surface area contributed by atoms with E-state index in [0.717, 1.165) is 24.9 Å². The van der Waals surface area contributed by atoms with Gasteiger partial charge in [0.2, 0.25) is 0 Å². The van der Waals surface area contributed by atoms with Crippen LogP contribution in [0.25, 0.3) is 22.3 Å². The Morgan fingerprint density at radius 3 is 2.90 bits per heavy atom. The van der Waals surface area contributed by atoms with Gasteiger partial charge >= 0.3 is 0 Å². The summed E-state index contributed by atoms with van der Waals surface area (Å²) in [7, 11) is 1.62. The first-order valence-electron chi connectivity index (χ1n) is 9.54. The van der Waals surface area contributed by atoms with E-state index >= 15 is 0 Å². The number of phenolic OH excluding ortho intramolecular Hbond substituents is 1. The zero-order chi connectivity index (χ0) is 20.2. The highest BCUT2D eigenvalue weighted by Crippen LogP contribution is 2.32. The molecule has 1 aliphatic rings. The molecule has 29 heavy (non-hydrogen) atoms. The van der Waals surface area contributed by atoms with Crippen molar-refractivity contribution in [2.24, 2.45) is 0 Å². The zero-order valence-corrected chi connectivity index (χ0v) is 16.1. The van der Waals surface area contributed by atoms with Gasteiger partial charge in [0.05, 0.1) is 17.7 Å². The van der Waals surface area contributed by atoms with Crippen molar-refractivity contribution >= 4 is 16.7 Å². The highest BCUT2D eigenvalue weighted by molar-refractivity contribution is 5.92. The summed E-state index contributed by atoms with van der Waals surface area (Å²) in [5.41, 5.74) is 0.922. The van der Waals surface area contributed by atoms with Gasteiger partial charge in [-0.15, -0.1) is 0 Å². The average molecular weight is 398 g/mol. The fraction of sp³-hybridized carbons (Fsp3) is 0.333. The third kappa shape index (κ3) is 4.38. The maximum Gasteiger partial charge on any atom is 0.165 e. The van der Waals surface area contributed by atoms with Crippen molar-refractivity contribution in [1.82, 2.24) is 15.3 Å². The molecule has 0 saturated carbocycles. The lowest BCUT2D eigenvalue weighted by Crippen LogP contribution is -2.23. The molecule has 0 radical (unpaired) electrons. The van der Waals surface area contributed by atoms with Gasteiger partial charge in [-0.3, -0.25) is 0 Å². The van der Waals surface area contributed by atoms with Gasteiger partial charge in [0, 0.05) is 25.1 Å². The molecule has 0 spiro atoms. The van der Waals surface area contributed by atoms with Gasteiger partial charge < -0.3 is 25.2 Å². The van der Waals surface area contributed by atoms with E-state index in [9.17, 15) is 9.50 Å². The lowest BCUT2D eigenvalue weighted by Gasteiger charge is -2.16. The minimum atomic E-state index is -0.460. The molecule has 0 aliphatic carbocycles. The molecule has 2 heterocycles. The van der Waals surface area contributed by atoms with E-state index in [1.165, 1.54) is 18.2 Å². The Bertz CT molecular complexity index is 1010. The molecule has 0 bridgehead atoms. The zero-order valence-electron chi connectivity index (χ0n) is 16.1. The Hall–Kier alpha value is -2.97. The Morgan fingerprint density at radius 2 is 2.10 bits per heavy atom. The molecular formula is C21H23FN4O3. The van der Waals surface area contributed by atoms with E-state index in [4.69, 9.17) is 9.47 Å². The number of methoxy groups -OCH3 is 1. The summed E-state index contributed by atoms with van der Waals surface area (Å²) in [5.74, 6) is 1.04. The van der Waals surface area contributed by atoms with Crippen LogP contribution in [0.2, 0.25) is 0 Å². The van der Waals surface area contributed by atoms with Crippen molar-refractivity contribution in [3.8, 4) is 22.9 Å². The van der Waals surface area contributed by atoms with Crippen LogP contribution in [-0.4, -0.2) is 54.5 Å². The number of nitrogens with zero attached hydrogens (tertiary/aromatic N) is 2. The molecule has 4 rings (SSSR count). The van der Waals surface area contributed by atoms with E-state index in [2.05, 4.69) is 20.6 Å². The summed E-state index contributed by atoms with van der Waals surface area (Å²) in [6, 6.07) is 9.49. The van der Waals surface area contributed by atoms with Crippen molar-refractivity contribution in [3.05, 3.63) is 42.2 Å². The highest BCUT2D eigenvalue weighted by Gasteiger charge is 2.19. The van der Waals surface area contributed by atoms with Gasteiger partial charge in [-0.2, -0.15) is 0 Å². The van der Waals surface area contributed by atoms with Crippen LogP contribution in [0.4, 0.5) is 10.2 Å². The molecule has 2 aromatic carbocycles. The first-order valence-corrected chi connectivity index (χ1v) is 9.54. The smallest absolute Gasteiger partial charge is 0.165 e. The number of nitrogens with one attached hydrogen (secondary N) is 2. The monoisotopic (exact) mass is 398 g/mol. The molecule has 8 heteroatoms. The predicted octanol–water partition coefficient (Wildman–Crippen LogP) is 2.94. The van der Waals surface area contributed by atoms with E-state index in [-0.39, 0.29) is 23.2 Å². The summed E-state index contributed by atoms with van der Waals surface area (Å²) in [6.07, 6.45) is 0.968. The van der Waals surface area contributed by atoms with Crippen molar-refractivity contribution in [2.75, 3.05) is 38.7 Å². The maximum absolute atomic E-state index is 13.8. The summed E-state index contributed by atoms with van der Waals surface area (Å²) >= 11 is 0. The van der Waals surface area contributed by atoms with Crippen LogP contribution in [0, 0.1) is 5.82 Å². The second-order valence-corrected chi connectivity index (χ2v) is 6.91. The predicted molar refractivity (Wildman–Crippen MR) is 109 cm³/mol. The Labute approximate surface area is 167 Å². The lowest BCUT2D eigenvalue weighted by molar-refractivity contribution is 0.146. The third-order valence-corrected chi connectivity index (χ3v) is 4.82. The molecule has 1 aliphatic heterocycles. The first-order chi connectivity index (χ1) is 14.1. The molecular weight excluding hydrogens is 375 g/mol. The normalized spacial score (nSPS) is 16.3. The molecule has 3 aromatic rings. The average Bonchev–Trinajstić information content (AvgIpc) is 3.23. The molecule has 7 nitrogen and oxygen atoms in total. The number of halogens is 1. The number of aromatic nitrogens is 2. The topological polar surface area (TPSA) is 88.5 Å². The molecule has 3 N–H and O–H groups in total. The lowest BCUT2D eigenvalue weighted by atomic mass is 10.1. The van der Waals surface area contributed by atoms with Gasteiger partial charge in [-0.05, 0) is 49.4 Å². The van der Waals surface area contributed by atoms with Crippen LogP contribution in [-0.2, 0) is 4.74 Å². The van der Waals surface area contributed by atoms with Gasteiger partial charge in [0.15, 0.2) is 5.82 Å². The molecule has 1 atom stereocenters. The number of rotatable bonds is 7. The Kier molecular flexibility index (Phi) is 5.73. The van der Waals surface area contributed by atoms with Gasteiger partial charge in [-0.1, -0.05) is 0 Å². The fourth-order valence-corrected chi connectivity index (χ4v) is 3.33. The SMILES string of the molecule is COCCOc1ccc2nc(-c3cc(F)ccc3O)nc(N[C@H]3CCNC3)c2c1. The first kappa shape index (κ1) is 19.4. The summed E-state index contributed by atoms with van der Waals surface area (Å²) in [5, 5.41) is 17.8. The number of phenols is 1. The van der Waals surface area contributed by atoms with Gasteiger partial charge in [-0.25, -0.2) is 14.4 Å². The fourth-order valence-electron chi connectivity index (χ4n) is 3.33. The summed E-state index contributed by atoms with van der Waals surface area (Å²) in [6.45, 7) is 2.69. The number of aromatic hydroxyl groups is 1. The van der Waals surface area contributed by atoms with Crippen LogP contribution in [0.3, 0.4) is 0 Å². The molecule has 0 unspecified atom stereocenters. The largest absolute Gasteiger partial charge is 0.507 e. The van der Waals surface area contributed by atoms with E-state index in [1.54, 1.807) is 7.11 Å². The second-order valence-electron chi connectivity index (χ2n) is 6.91. The second kappa shape index (κ2) is 8.59. The van der Waals surface area contributed by atoms with Gasteiger partial charge in [0.1, 0.15) is 29.7 Å². The molecule has 152 valence electrons. The van der Waals surface area contributed by atoms with Crippen molar-refractivity contribution in [3.63, 3.8) is 0 Å². The number of fused-ring (bicyclic) bond motifs is 1. The summed E-state index contributed by atoms with van der Waals surface area (Å²) < 4.78 is 24.5. The summed E-state index contributed by atoms with van der Waals surface area (Å²) in [4.78, 5) is 9.16. The van der Waals surface area contributed by atoms with E-state index < -0.39 is 5.82 Å². The van der Waals surface area contributed by atoms with Gasteiger partial charge in [0.25, 0.3) is 0 Å². The Morgan fingerprint density at radius 1 is 1.21 bits per heavy atom. The molecule has 1 saturated heterocycles. The molecule has 0 amide bonds. The quantitative estimate of drug-likeness (QED) is 0.527. The Balaban J connectivity index is 1.77. The number of hydrogen-bond donors (Lipinski definition) is 3. The van der Waals surface area contributed by atoms with E-state index in [1.807, 2.05) is 18.2 Å². The molecule has 1 aromatic heterocycles. The number of ether oxygens (including phenoxy) is 2. The highest BCUT2D eigenvalue weighted by atomic mass is 19.1. The van der Waals surface area contributed by atoms with Crippen molar-refractivity contribution < 1.29 is 19.0 Å². The van der Waals surface area contributed by atoms with Crippen LogP contribution >= 0.6 is 0 Å². The minimum absolute atomic E-state index is 0.0706. The van der Waals surface area contributed by atoms with Crippen LogP contribution in [0.15, 0.2) is 36.4 Å². The van der Waals surface area contributed by atoms with E-state index in [0.29, 0.717) is 30.3 Å². The van der Waals surface area contributed by atoms with Crippen molar-refractivity contribution in [1.29, 1.82) is 0 Å².